The monoisotopic (exact) mass is 475 g/mol. The molecule has 1 N–H and O–H groups in total. The van der Waals surface area contributed by atoms with Crippen molar-refractivity contribution in [1.82, 2.24) is 10.2 Å². The number of carbonyl (C=O) groups is 1. The molecule has 1 saturated heterocycles. The van der Waals surface area contributed by atoms with Gasteiger partial charge in [0.25, 0.3) is 0 Å². The Morgan fingerprint density at radius 1 is 1.38 bits per heavy atom. The molecule has 2 unspecified atom stereocenters. The van der Waals surface area contributed by atoms with Crippen molar-refractivity contribution < 1.29 is 14.3 Å². The number of hydrogen-bond donors (Lipinski definition) is 1. The van der Waals surface area contributed by atoms with Gasteiger partial charge in [0, 0.05) is 19.6 Å². The molecule has 0 amide bonds. The van der Waals surface area contributed by atoms with Crippen LogP contribution in [0.2, 0.25) is 0 Å². The maximum Gasteiger partial charge on any atom is 0.310 e. The lowest BCUT2D eigenvalue weighted by Crippen LogP contribution is -2.41. The SMILES string of the molecule is CCNC(=NCCOc1cccc(C)c1)N1CC(C)C(C(=O)OC)C1.I. The molecule has 6 nitrogen and oxygen atoms in total. The van der Waals surface area contributed by atoms with Crippen LogP contribution in [0.4, 0.5) is 0 Å². The molecule has 1 aromatic rings. The molecule has 1 aliphatic heterocycles. The van der Waals surface area contributed by atoms with E-state index in [4.69, 9.17) is 9.47 Å². The summed E-state index contributed by atoms with van der Waals surface area (Å²) in [6.07, 6.45) is 0. The largest absolute Gasteiger partial charge is 0.492 e. The van der Waals surface area contributed by atoms with Gasteiger partial charge in [0.05, 0.1) is 19.6 Å². The first kappa shape index (κ1) is 22.5. The third kappa shape index (κ3) is 6.34. The van der Waals surface area contributed by atoms with E-state index in [1.54, 1.807) is 0 Å². The Morgan fingerprint density at radius 3 is 2.81 bits per heavy atom. The van der Waals surface area contributed by atoms with Gasteiger partial charge >= 0.3 is 5.97 Å². The summed E-state index contributed by atoms with van der Waals surface area (Å²) in [5.74, 6) is 1.69. The molecular formula is C19H30IN3O3. The van der Waals surface area contributed by atoms with E-state index < -0.39 is 0 Å². The van der Waals surface area contributed by atoms with Crippen LogP contribution in [0.5, 0.6) is 5.75 Å². The number of carbonyl (C=O) groups excluding carboxylic acids is 1. The highest BCUT2D eigenvalue weighted by Crippen LogP contribution is 2.24. The lowest BCUT2D eigenvalue weighted by Gasteiger charge is -2.21. The zero-order chi connectivity index (χ0) is 18.2. The van der Waals surface area contributed by atoms with Crippen LogP contribution in [-0.4, -0.2) is 56.7 Å². The summed E-state index contributed by atoms with van der Waals surface area (Å²) >= 11 is 0. The van der Waals surface area contributed by atoms with Crippen LogP contribution in [0.1, 0.15) is 19.4 Å². The normalized spacial score (nSPS) is 19.7. The molecule has 2 atom stereocenters. The molecule has 7 heteroatoms. The number of aryl methyl sites for hydroxylation is 1. The van der Waals surface area contributed by atoms with Crippen molar-refractivity contribution in [3.05, 3.63) is 29.8 Å². The van der Waals surface area contributed by atoms with Crippen LogP contribution in [0.3, 0.4) is 0 Å². The minimum Gasteiger partial charge on any atom is -0.492 e. The first-order valence-corrected chi connectivity index (χ1v) is 8.85. The van der Waals surface area contributed by atoms with Gasteiger partial charge in [0.2, 0.25) is 0 Å². The summed E-state index contributed by atoms with van der Waals surface area (Å²) in [4.78, 5) is 18.6. The third-order valence-corrected chi connectivity index (χ3v) is 4.36. The number of ether oxygens (including phenoxy) is 2. The van der Waals surface area contributed by atoms with Gasteiger partial charge in [-0.2, -0.15) is 0 Å². The summed E-state index contributed by atoms with van der Waals surface area (Å²) < 4.78 is 10.7. The lowest BCUT2D eigenvalue weighted by molar-refractivity contribution is -0.145. The fourth-order valence-electron chi connectivity index (χ4n) is 3.04. The van der Waals surface area contributed by atoms with Crippen molar-refractivity contribution in [2.75, 3.05) is 39.9 Å². The molecule has 26 heavy (non-hydrogen) atoms. The summed E-state index contributed by atoms with van der Waals surface area (Å²) in [6.45, 7) is 9.45. The quantitative estimate of drug-likeness (QED) is 0.226. The molecule has 1 heterocycles. The second kappa shape index (κ2) is 11.3. The molecule has 0 bridgehead atoms. The summed E-state index contributed by atoms with van der Waals surface area (Å²) in [7, 11) is 1.44. The third-order valence-electron chi connectivity index (χ3n) is 4.36. The highest BCUT2D eigenvalue weighted by atomic mass is 127. The summed E-state index contributed by atoms with van der Waals surface area (Å²) in [6, 6.07) is 7.99. The fourth-order valence-corrected chi connectivity index (χ4v) is 3.04. The number of methoxy groups -OCH3 is 1. The number of esters is 1. The standard InChI is InChI=1S/C19H29N3O3.HI/c1-5-20-19(22-12-15(3)17(13-22)18(23)24-4)21-9-10-25-16-8-6-7-14(2)11-16;/h6-8,11,15,17H,5,9-10,12-13H2,1-4H3,(H,20,21);1H. The van der Waals surface area contributed by atoms with E-state index in [1.807, 2.05) is 38.1 Å². The Hall–Kier alpha value is -1.51. The first-order valence-electron chi connectivity index (χ1n) is 8.85. The van der Waals surface area contributed by atoms with Crippen LogP contribution in [0.15, 0.2) is 29.3 Å². The van der Waals surface area contributed by atoms with Crippen LogP contribution >= 0.6 is 24.0 Å². The molecule has 1 aromatic carbocycles. The maximum absolute atomic E-state index is 11.9. The van der Waals surface area contributed by atoms with Crippen LogP contribution in [0.25, 0.3) is 0 Å². The van der Waals surface area contributed by atoms with Gasteiger partial charge in [-0.25, -0.2) is 4.99 Å². The van der Waals surface area contributed by atoms with Gasteiger partial charge in [-0.05, 0) is 37.5 Å². The van der Waals surface area contributed by atoms with Gasteiger partial charge in [-0.3, -0.25) is 4.79 Å². The number of hydrogen-bond acceptors (Lipinski definition) is 4. The predicted octanol–water partition coefficient (Wildman–Crippen LogP) is 2.70. The zero-order valence-electron chi connectivity index (χ0n) is 16.0. The lowest BCUT2D eigenvalue weighted by atomic mass is 9.99. The Labute approximate surface area is 173 Å². The number of nitrogens with one attached hydrogen (secondary N) is 1. The van der Waals surface area contributed by atoms with Crippen LogP contribution in [0, 0.1) is 18.8 Å². The molecule has 1 aliphatic rings. The second-order valence-corrected chi connectivity index (χ2v) is 6.41. The minimum atomic E-state index is -0.145. The van der Waals surface area contributed by atoms with E-state index in [1.165, 1.54) is 12.7 Å². The molecule has 0 saturated carbocycles. The Balaban J connectivity index is 0.00000338. The van der Waals surface area contributed by atoms with E-state index in [-0.39, 0.29) is 41.8 Å². The van der Waals surface area contributed by atoms with Crippen molar-refractivity contribution in [3.8, 4) is 5.75 Å². The molecule has 0 aliphatic carbocycles. The first-order chi connectivity index (χ1) is 12.0. The summed E-state index contributed by atoms with van der Waals surface area (Å²) in [5.41, 5.74) is 1.18. The number of nitrogens with zero attached hydrogens (tertiary/aromatic N) is 2. The molecular weight excluding hydrogens is 445 g/mol. The van der Waals surface area contributed by atoms with E-state index in [0.29, 0.717) is 19.7 Å². The van der Waals surface area contributed by atoms with Crippen molar-refractivity contribution in [3.63, 3.8) is 0 Å². The average molecular weight is 475 g/mol. The number of likely N-dealkylation sites (tertiary alicyclic amines) is 1. The highest BCUT2D eigenvalue weighted by Gasteiger charge is 2.36. The van der Waals surface area contributed by atoms with Crippen molar-refractivity contribution in [1.29, 1.82) is 0 Å². The Kier molecular flexibility index (Phi) is 9.75. The number of guanidine groups is 1. The number of halogens is 1. The number of rotatable bonds is 6. The zero-order valence-corrected chi connectivity index (χ0v) is 18.4. The van der Waals surface area contributed by atoms with Crippen LogP contribution < -0.4 is 10.1 Å². The fraction of sp³-hybridized carbons (Fsp3) is 0.579. The van der Waals surface area contributed by atoms with Gasteiger partial charge in [0.1, 0.15) is 12.4 Å². The van der Waals surface area contributed by atoms with Crippen LogP contribution in [-0.2, 0) is 9.53 Å². The number of benzene rings is 1. The smallest absolute Gasteiger partial charge is 0.310 e. The Morgan fingerprint density at radius 2 is 2.15 bits per heavy atom. The molecule has 0 spiro atoms. The highest BCUT2D eigenvalue weighted by molar-refractivity contribution is 14.0. The van der Waals surface area contributed by atoms with E-state index in [2.05, 4.69) is 22.1 Å². The summed E-state index contributed by atoms with van der Waals surface area (Å²) in [5, 5.41) is 3.30. The minimum absolute atomic E-state index is 0. The van der Waals surface area contributed by atoms with Crippen molar-refractivity contribution in [2.45, 2.75) is 20.8 Å². The van der Waals surface area contributed by atoms with Crippen molar-refractivity contribution >= 4 is 35.9 Å². The topological polar surface area (TPSA) is 63.2 Å². The van der Waals surface area contributed by atoms with Gasteiger partial charge in [-0.15, -0.1) is 24.0 Å². The van der Waals surface area contributed by atoms with Gasteiger partial charge in [0.15, 0.2) is 5.96 Å². The predicted molar refractivity (Wildman–Crippen MR) is 114 cm³/mol. The Bertz CT molecular complexity index is 609. The molecule has 146 valence electrons. The van der Waals surface area contributed by atoms with Crippen molar-refractivity contribution in [2.24, 2.45) is 16.8 Å². The van der Waals surface area contributed by atoms with E-state index >= 15 is 0 Å². The average Bonchev–Trinajstić information content (AvgIpc) is 2.98. The van der Waals surface area contributed by atoms with E-state index in [9.17, 15) is 4.79 Å². The second-order valence-electron chi connectivity index (χ2n) is 6.41. The molecule has 0 radical (unpaired) electrons. The van der Waals surface area contributed by atoms with Gasteiger partial charge in [-0.1, -0.05) is 19.1 Å². The maximum atomic E-state index is 11.9. The molecule has 0 aromatic heterocycles. The van der Waals surface area contributed by atoms with Gasteiger partial charge < -0.3 is 19.7 Å². The molecule has 1 fully saturated rings. The molecule has 2 rings (SSSR count). The number of aliphatic imine (C=N–C) groups is 1. The van der Waals surface area contributed by atoms with E-state index in [0.717, 1.165) is 24.8 Å².